The maximum absolute atomic E-state index is 10.2. The monoisotopic (exact) mass is 500 g/mol. The molecule has 0 spiro atoms. The summed E-state index contributed by atoms with van der Waals surface area (Å²) in [6.07, 6.45) is 2.22. The number of aliphatic imine (C=N–C) groups is 1. The van der Waals surface area contributed by atoms with E-state index in [1.807, 2.05) is 43.3 Å². The van der Waals surface area contributed by atoms with Crippen molar-refractivity contribution in [2.24, 2.45) is 4.99 Å². The molecule has 2 rings (SSSR count). The molecule has 1 aromatic heterocycles. The van der Waals surface area contributed by atoms with Crippen LogP contribution in [0.2, 0.25) is 0 Å². The maximum Gasteiger partial charge on any atom is 0.191 e. The summed E-state index contributed by atoms with van der Waals surface area (Å²) in [5.41, 5.74) is 2.12. The maximum atomic E-state index is 10.2. The number of nitrogens with one attached hydrogen (secondary N) is 2. The fourth-order valence-electron chi connectivity index (χ4n) is 2.97. The Balaban J connectivity index is 0.00000392. The van der Waals surface area contributed by atoms with Crippen LogP contribution >= 0.6 is 24.0 Å². The lowest BCUT2D eigenvalue weighted by molar-refractivity contribution is 0.177. The highest BCUT2D eigenvalue weighted by molar-refractivity contribution is 14.0. The lowest BCUT2D eigenvalue weighted by atomic mass is 9.99. The number of hydrogen-bond donors (Lipinski definition) is 3. The minimum Gasteiger partial charge on any atom is -0.391 e. The molecule has 6 nitrogen and oxygen atoms in total. The molecule has 2 aromatic rings. The van der Waals surface area contributed by atoms with Crippen molar-refractivity contribution in [3.63, 3.8) is 0 Å². The molecule has 1 unspecified atom stereocenters. The standard InChI is InChI=1S/C21H32N4O2.HI/c1-4-17(5-2)20-13-19(27-25-20)15-24-21(22-6-3)23-14-18(26)12-16-10-8-7-9-11-16;/h7-11,13,17-18,26H,4-6,12,14-15H2,1-3H3,(H2,22,23,24);1H. The minimum absolute atomic E-state index is 0. The molecule has 1 aromatic carbocycles. The molecule has 0 aliphatic rings. The Morgan fingerprint density at radius 2 is 1.86 bits per heavy atom. The third-order valence-corrected chi connectivity index (χ3v) is 4.54. The second-order valence-electron chi connectivity index (χ2n) is 6.65. The zero-order chi connectivity index (χ0) is 19.5. The Kier molecular flexibility index (Phi) is 11.8. The number of rotatable bonds is 10. The smallest absolute Gasteiger partial charge is 0.191 e. The van der Waals surface area contributed by atoms with Gasteiger partial charge in [0.05, 0.1) is 11.8 Å². The van der Waals surface area contributed by atoms with Crippen LogP contribution in [0.3, 0.4) is 0 Å². The van der Waals surface area contributed by atoms with Crippen molar-refractivity contribution in [3.05, 3.63) is 53.4 Å². The van der Waals surface area contributed by atoms with Crippen LogP contribution in [0, 0.1) is 0 Å². The van der Waals surface area contributed by atoms with Gasteiger partial charge in [-0.05, 0) is 25.3 Å². The molecular weight excluding hydrogens is 467 g/mol. The molecule has 0 amide bonds. The minimum atomic E-state index is -0.483. The van der Waals surface area contributed by atoms with Crippen molar-refractivity contribution in [3.8, 4) is 0 Å². The molecule has 0 radical (unpaired) electrons. The van der Waals surface area contributed by atoms with E-state index in [-0.39, 0.29) is 24.0 Å². The summed E-state index contributed by atoms with van der Waals surface area (Å²) in [4.78, 5) is 4.54. The average molecular weight is 500 g/mol. The Labute approximate surface area is 185 Å². The van der Waals surface area contributed by atoms with Gasteiger partial charge in [-0.1, -0.05) is 49.3 Å². The number of guanidine groups is 1. The third kappa shape index (κ3) is 8.18. The van der Waals surface area contributed by atoms with Gasteiger partial charge in [0.1, 0.15) is 6.54 Å². The van der Waals surface area contributed by atoms with E-state index in [0.717, 1.165) is 36.4 Å². The number of aromatic nitrogens is 1. The number of benzene rings is 1. The lowest BCUT2D eigenvalue weighted by Gasteiger charge is -2.15. The number of aliphatic hydroxyl groups is 1. The summed E-state index contributed by atoms with van der Waals surface area (Å²) in [7, 11) is 0. The average Bonchev–Trinajstić information content (AvgIpc) is 3.14. The topological polar surface area (TPSA) is 82.7 Å². The van der Waals surface area contributed by atoms with Gasteiger partial charge in [-0.3, -0.25) is 0 Å². The number of hydrogen-bond acceptors (Lipinski definition) is 4. The van der Waals surface area contributed by atoms with Gasteiger partial charge >= 0.3 is 0 Å². The summed E-state index contributed by atoms with van der Waals surface area (Å²) in [5, 5.41) is 20.8. The first-order valence-corrected chi connectivity index (χ1v) is 9.85. The van der Waals surface area contributed by atoms with Crippen LogP contribution in [-0.4, -0.2) is 35.4 Å². The Morgan fingerprint density at radius 1 is 1.14 bits per heavy atom. The van der Waals surface area contributed by atoms with Crippen molar-refractivity contribution in [1.29, 1.82) is 0 Å². The first-order valence-electron chi connectivity index (χ1n) is 9.85. The lowest BCUT2D eigenvalue weighted by Crippen LogP contribution is -2.41. The molecular formula is C21H33IN4O2. The SMILES string of the molecule is CCNC(=NCc1cc(C(CC)CC)no1)NCC(O)Cc1ccccc1.I. The van der Waals surface area contributed by atoms with E-state index in [1.54, 1.807) is 0 Å². The normalized spacial score (nSPS) is 12.5. The van der Waals surface area contributed by atoms with E-state index in [0.29, 0.717) is 31.4 Å². The number of nitrogens with zero attached hydrogens (tertiary/aromatic N) is 2. The quantitative estimate of drug-likeness (QED) is 0.262. The number of halogens is 1. The van der Waals surface area contributed by atoms with Crippen LogP contribution in [0.4, 0.5) is 0 Å². The zero-order valence-corrected chi connectivity index (χ0v) is 19.3. The molecule has 0 aliphatic heterocycles. The van der Waals surface area contributed by atoms with E-state index >= 15 is 0 Å². The van der Waals surface area contributed by atoms with Gasteiger partial charge in [-0.2, -0.15) is 0 Å². The predicted octanol–water partition coefficient (Wildman–Crippen LogP) is 3.85. The van der Waals surface area contributed by atoms with Gasteiger partial charge in [0.15, 0.2) is 11.7 Å². The van der Waals surface area contributed by atoms with Crippen molar-refractivity contribution < 1.29 is 9.63 Å². The van der Waals surface area contributed by atoms with Gasteiger partial charge in [0.25, 0.3) is 0 Å². The summed E-state index contributed by atoms with van der Waals surface area (Å²) in [5.74, 6) is 1.84. The van der Waals surface area contributed by atoms with Crippen LogP contribution in [0.1, 0.15) is 56.5 Å². The van der Waals surface area contributed by atoms with Crippen molar-refractivity contribution in [1.82, 2.24) is 15.8 Å². The van der Waals surface area contributed by atoms with Crippen LogP contribution in [0.5, 0.6) is 0 Å². The van der Waals surface area contributed by atoms with Gasteiger partial charge in [0, 0.05) is 31.5 Å². The fourth-order valence-corrected chi connectivity index (χ4v) is 2.97. The highest BCUT2D eigenvalue weighted by Gasteiger charge is 2.13. The molecule has 3 N–H and O–H groups in total. The summed E-state index contributed by atoms with van der Waals surface area (Å²) in [6, 6.07) is 12.0. The molecule has 0 bridgehead atoms. The van der Waals surface area contributed by atoms with E-state index in [2.05, 4.69) is 34.6 Å². The van der Waals surface area contributed by atoms with Crippen LogP contribution in [-0.2, 0) is 13.0 Å². The van der Waals surface area contributed by atoms with Crippen molar-refractivity contribution in [2.45, 2.75) is 58.6 Å². The van der Waals surface area contributed by atoms with Gasteiger partial charge in [-0.15, -0.1) is 24.0 Å². The first-order chi connectivity index (χ1) is 13.2. The van der Waals surface area contributed by atoms with Gasteiger partial charge in [-0.25, -0.2) is 4.99 Å². The Morgan fingerprint density at radius 3 is 2.50 bits per heavy atom. The third-order valence-electron chi connectivity index (χ3n) is 4.54. The largest absolute Gasteiger partial charge is 0.391 e. The van der Waals surface area contributed by atoms with E-state index < -0.39 is 6.10 Å². The van der Waals surface area contributed by atoms with Crippen LogP contribution in [0.25, 0.3) is 0 Å². The second kappa shape index (κ2) is 13.5. The van der Waals surface area contributed by atoms with Crippen molar-refractivity contribution >= 4 is 29.9 Å². The molecule has 0 saturated carbocycles. The molecule has 0 fully saturated rings. The molecule has 28 heavy (non-hydrogen) atoms. The Bertz CT molecular complexity index is 687. The molecule has 1 heterocycles. The molecule has 1 atom stereocenters. The summed E-state index contributed by atoms with van der Waals surface area (Å²) in [6.45, 7) is 7.92. The van der Waals surface area contributed by atoms with Crippen LogP contribution < -0.4 is 10.6 Å². The molecule has 7 heteroatoms. The van der Waals surface area contributed by atoms with E-state index in [1.165, 1.54) is 0 Å². The first kappa shape index (κ1) is 24.4. The molecule has 156 valence electrons. The zero-order valence-electron chi connectivity index (χ0n) is 17.0. The number of aliphatic hydroxyl groups excluding tert-OH is 1. The predicted molar refractivity (Wildman–Crippen MR) is 124 cm³/mol. The summed E-state index contributed by atoms with van der Waals surface area (Å²) < 4.78 is 5.42. The fraction of sp³-hybridized carbons (Fsp3) is 0.524. The molecule has 0 saturated heterocycles. The molecule has 0 aliphatic carbocycles. The summed E-state index contributed by atoms with van der Waals surface area (Å²) >= 11 is 0. The van der Waals surface area contributed by atoms with Gasteiger partial charge in [0.2, 0.25) is 0 Å². The van der Waals surface area contributed by atoms with Crippen LogP contribution in [0.15, 0.2) is 45.9 Å². The highest BCUT2D eigenvalue weighted by atomic mass is 127. The second-order valence-corrected chi connectivity index (χ2v) is 6.65. The highest BCUT2D eigenvalue weighted by Crippen LogP contribution is 2.22. The van der Waals surface area contributed by atoms with E-state index in [9.17, 15) is 5.11 Å². The van der Waals surface area contributed by atoms with Gasteiger partial charge < -0.3 is 20.3 Å². The van der Waals surface area contributed by atoms with E-state index in [4.69, 9.17) is 4.52 Å². The van der Waals surface area contributed by atoms with Crippen molar-refractivity contribution in [2.75, 3.05) is 13.1 Å². The Hall–Kier alpha value is -1.61.